The number of nitrogens with zero attached hydrogens (tertiary/aromatic N) is 6. The molecule has 5 rings (SSSR count). The summed E-state index contributed by atoms with van der Waals surface area (Å²) in [7, 11) is 0. The molecule has 1 atom stereocenters. The van der Waals surface area contributed by atoms with Gasteiger partial charge in [-0.05, 0) is 55.7 Å². The Morgan fingerprint density at radius 3 is 2.47 bits per heavy atom. The molecule has 0 saturated carbocycles. The van der Waals surface area contributed by atoms with Crippen LogP contribution >= 0.6 is 11.6 Å². The predicted molar refractivity (Wildman–Crippen MR) is 133 cm³/mol. The summed E-state index contributed by atoms with van der Waals surface area (Å²) in [5.41, 5.74) is 2.37. The van der Waals surface area contributed by atoms with Gasteiger partial charge in [-0.15, -0.1) is 0 Å². The molecule has 2 aromatic heterocycles. The molecule has 0 spiro atoms. The van der Waals surface area contributed by atoms with Gasteiger partial charge < -0.3 is 19.8 Å². The fourth-order valence-electron chi connectivity index (χ4n) is 4.68. The molecule has 7 nitrogen and oxygen atoms in total. The number of aromatic nitrogens is 3. The van der Waals surface area contributed by atoms with Crippen molar-refractivity contribution < 1.29 is 9.50 Å². The Labute approximate surface area is 203 Å². The van der Waals surface area contributed by atoms with Crippen molar-refractivity contribution in [2.24, 2.45) is 0 Å². The second-order valence-corrected chi connectivity index (χ2v) is 9.32. The minimum atomic E-state index is -0.262. The van der Waals surface area contributed by atoms with Crippen LogP contribution < -0.4 is 14.7 Å². The molecule has 0 amide bonds. The van der Waals surface area contributed by atoms with Gasteiger partial charge >= 0.3 is 0 Å². The zero-order valence-electron chi connectivity index (χ0n) is 19.2. The van der Waals surface area contributed by atoms with Crippen molar-refractivity contribution in [3.8, 4) is 11.3 Å². The lowest BCUT2D eigenvalue weighted by atomic mass is 10.1. The topological polar surface area (TPSA) is 68.6 Å². The van der Waals surface area contributed by atoms with E-state index in [1.54, 1.807) is 24.4 Å². The SMILES string of the molecule is C[C@@H]1CN(c2ncc(CO)cc2Cl)CCN1c1cc(-c2ccc(F)cc2)nc(N2CCCC2)n1. The van der Waals surface area contributed by atoms with Gasteiger partial charge in [0.05, 0.1) is 17.3 Å². The van der Waals surface area contributed by atoms with Crippen LogP contribution in [0, 0.1) is 5.82 Å². The Hall–Kier alpha value is -2.97. The molecule has 1 aromatic carbocycles. The van der Waals surface area contributed by atoms with Crippen LogP contribution in [0.4, 0.5) is 22.0 Å². The third-order valence-electron chi connectivity index (χ3n) is 6.51. The molecule has 34 heavy (non-hydrogen) atoms. The van der Waals surface area contributed by atoms with Crippen LogP contribution in [0.5, 0.6) is 0 Å². The molecule has 3 aromatic rings. The van der Waals surface area contributed by atoms with Crippen LogP contribution in [0.3, 0.4) is 0 Å². The minimum absolute atomic E-state index is 0.0827. The molecular weight excluding hydrogens is 455 g/mol. The van der Waals surface area contributed by atoms with Crippen LogP contribution in [-0.2, 0) is 6.61 Å². The van der Waals surface area contributed by atoms with Crippen LogP contribution in [0.2, 0.25) is 5.02 Å². The highest BCUT2D eigenvalue weighted by atomic mass is 35.5. The van der Waals surface area contributed by atoms with Crippen molar-refractivity contribution >= 4 is 29.2 Å². The zero-order chi connectivity index (χ0) is 23.7. The summed E-state index contributed by atoms with van der Waals surface area (Å²) in [6.45, 7) is 6.20. The maximum atomic E-state index is 13.5. The summed E-state index contributed by atoms with van der Waals surface area (Å²) < 4.78 is 13.5. The first-order valence-electron chi connectivity index (χ1n) is 11.7. The number of halogens is 2. The van der Waals surface area contributed by atoms with E-state index < -0.39 is 0 Å². The van der Waals surface area contributed by atoms with Gasteiger partial charge in [-0.3, -0.25) is 0 Å². The van der Waals surface area contributed by atoms with Gasteiger partial charge in [0.1, 0.15) is 17.5 Å². The van der Waals surface area contributed by atoms with Gasteiger partial charge in [-0.25, -0.2) is 14.4 Å². The molecule has 2 aliphatic rings. The van der Waals surface area contributed by atoms with Gasteiger partial charge in [0, 0.05) is 56.6 Å². The summed E-state index contributed by atoms with van der Waals surface area (Å²) in [5.74, 6) is 2.07. The van der Waals surface area contributed by atoms with Gasteiger partial charge in [-0.2, -0.15) is 4.98 Å². The number of hydrogen-bond acceptors (Lipinski definition) is 7. The first-order valence-corrected chi connectivity index (χ1v) is 12.1. The average molecular weight is 483 g/mol. The third kappa shape index (κ3) is 4.65. The van der Waals surface area contributed by atoms with Gasteiger partial charge in [0.25, 0.3) is 0 Å². The van der Waals surface area contributed by atoms with Crippen molar-refractivity contribution in [1.82, 2.24) is 15.0 Å². The normalized spacial score (nSPS) is 18.6. The maximum Gasteiger partial charge on any atom is 0.227 e. The third-order valence-corrected chi connectivity index (χ3v) is 6.79. The van der Waals surface area contributed by atoms with Crippen molar-refractivity contribution in [2.75, 3.05) is 47.4 Å². The lowest BCUT2D eigenvalue weighted by molar-refractivity contribution is 0.281. The molecule has 178 valence electrons. The largest absolute Gasteiger partial charge is 0.392 e. The van der Waals surface area contributed by atoms with E-state index in [4.69, 9.17) is 21.6 Å². The molecule has 4 heterocycles. The van der Waals surface area contributed by atoms with E-state index >= 15 is 0 Å². The standard InChI is InChI=1S/C25H28ClFN6O/c1-17-15-32(24-21(26)12-18(16-34)14-28-24)10-11-33(17)23-13-22(19-4-6-20(27)7-5-19)29-25(30-23)31-8-2-3-9-31/h4-7,12-14,17,34H,2-3,8-11,15-16H2,1H3/t17-/m1/s1. The second kappa shape index (κ2) is 9.72. The van der Waals surface area contributed by atoms with Crippen molar-refractivity contribution in [1.29, 1.82) is 0 Å². The van der Waals surface area contributed by atoms with Crippen molar-refractivity contribution in [3.63, 3.8) is 0 Å². The number of piperazine rings is 1. The van der Waals surface area contributed by atoms with Crippen LogP contribution in [0.1, 0.15) is 25.3 Å². The molecule has 0 radical (unpaired) electrons. The van der Waals surface area contributed by atoms with Crippen LogP contribution in [-0.4, -0.2) is 58.8 Å². The second-order valence-electron chi connectivity index (χ2n) is 8.91. The number of rotatable bonds is 5. The molecule has 2 fully saturated rings. The van der Waals surface area contributed by atoms with Gasteiger partial charge in [-0.1, -0.05) is 11.6 Å². The smallest absolute Gasteiger partial charge is 0.227 e. The predicted octanol–water partition coefficient (Wildman–Crippen LogP) is 4.14. The molecule has 0 unspecified atom stereocenters. The number of anilines is 3. The van der Waals surface area contributed by atoms with Crippen LogP contribution in [0.25, 0.3) is 11.3 Å². The van der Waals surface area contributed by atoms with E-state index in [9.17, 15) is 9.50 Å². The number of aliphatic hydroxyl groups excluding tert-OH is 1. The monoisotopic (exact) mass is 482 g/mol. The molecule has 2 aliphatic heterocycles. The number of aliphatic hydroxyl groups is 1. The zero-order valence-corrected chi connectivity index (χ0v) is 19.9. The van der Waals surface area contributed by atoms with E-state index in [1.165, 1.54) is 12.1 Å². The Morgan fingerprint density at radius 2 is 1.79 bits per heavy atom. The number of benzene rings is 1. The summed E-state index contributed by atoms with van der Waals surface area (Å²) in [5, 5.41) is 9.88. The highest BCUT2D eigenvalue weighted by Crippen LogP contribution is 2.31. The highest BCUT2D eigenvalue weighted by Gasteiger charge is 2.28. The van der Waals surface area contributed by atoms with E-state index in [1.807, 2.05) is 6.07 Å². The van der Waals surface area contributed by atoms with E-state index in [0.29, 0.717) is 10.6 Å². The fourth-order valence-corrected chi connectivity index (χ4v) is 4.98. The summed E-state index contributed by atoms with van der Waals surface area (Å²) in [6.07, 6.45) is 3.94. The average Bonchev–Trinajstić information content (AvgIpc) is 3.39. The first kappa shape index (κ1) is 22.8. The first-order chi connectivity index (χ1) is 16.5. The minimum Gasteiger partial charge on any atom is -0.392 e. The Bertz CT molecular complexity index is 1150. The van der Waals surface area contributed by atoms with E-state index in [-0.39, 0.29) is 18.5 Å². The fraction of sp³-hybridized carbons (Fsp3) is 0.400. The summed E-state index contributed by atoms with van der Waals surface area (Å²) in [6, 6.07) is 10.4. The van der Waals surface area contributed by atoms with E-state index in [0.717, 1.165) is 74.4 Å². The van der Waals surface area contributed by atoms with E-state index in [2.05, 4.69) is 26.6 Å². The Morgan fingerprint density at radius 1 is 1.03 bits per heavy atom. The number of pyridine rings is 1. The number of hydrogen-bond donors (Lipinski definition) is 1. The summed E-state index contributed by atoms with van der Waals surface area (Å²) >= 11 is 6.45. The van der Waals surface area contributed by atoms with Gasteiger partial charge in [0.15, 0.2) is 0 Å². The lowest BCUT2D eigenvalue weighted by Crippen LogP contribution is -2.52. The van der Waals surface area contributed by atoms with Crippen molar-refractivity contribution in [2.45, 2.75) is 32.4 Å². The van der Waals surface area contributed by atoms with Crippen LogP contribution in [0.15, 0.2) is 42.6 Å². The van der Waals surface area contributed by atoms with Crippen molar-refractivity contribution in [3.05, 3.63) is 59.0 Å². The van der Waals surface area contributed by atoms with Gasteiger partial charge in [0.2, 0.25) is 5.95 Å². The quantitative estimate of drug-likeness (QED) is 0.586. The molecule has 0 bridgehead atoms. The molecular formula is C25H28ClFN6O. The molecule has 2 saturated heterocycles. The molecule has 9 heteroatoms. The molecule has 1 N–H and O–H groups in total. The maximum absolute atomic E-state index is 13.5. The Balaban J connectivity index is 1.43. The Kier molecular flexibility index (Phi) is 6.52. The molecule has 0 aliphatic carbocycles. The summed E-state index contributed by atoms with van der Waals surface area (Å²) in [4.78, 5) is 21.0. The highest BCUT2D eigenvalue weighted by molar-refractivity contribution is 6.33. The lowest BCUT2D eigenvalue weighted by Gasteiger charge is -2.41.